The standard InChI is InChI=1S/C29H33BrN4O8/c1-4-11-32-29(39)42-24-14-17(27(37)34-23(26(31)36)12-16-5-7-18(40-2)8-6-16)13-22(25(24)35)33-28(38)20-15-19(41-3)9-10-21(20)30/h4-10,13,15,22-25,35H,1,11-12,14H2,2-3H3,(H2,31,36)(H,32,39)(H,33,38)(H,34,37). The molecule has 0 aromatic heterocycles. The normalized spacial score (nSPS) is 18.5. The van der Waals surface area contributed by atoms with Crippen molar-refractivity contribution in [3.8, 4) is 11.5 Å². The molecule has 0 heterocycles. The van der Waals surface area contributed by atoms with Crippen molar-refractivity contribution < 1.29 is 38.5 Å². The Bertz CT molecular complexity index is 1350. The number of aliphatic hydroxyl groups excluding tert-OH is 1. The van der Waals surface area contributed by atoms with Gasteiger partial charge in [0.05, 0.1) is 25.8 Å². The van der Waals surface area contributed by atoms with Crippen LogP contribution in [-0.2, 0) is 20.7 Å². The number of nitrogens with one attached hydrogen (secondary N) is 3. The number of methoxy groups -OCH3 is 2. The van der Waals surface area contributed by atoms with Gasteiger partial charge in [0.1, 0.15) is 29.7 Å². The molecule has 224 valence electrons. The van der Waals surface area contributed by atoms with Crippen LogP contribution in [0.5, 0.6) is 11.5 Å². The summed E-state index contributed by atoms with van der Waals surface area (Å²) in [5, 5.41) is 18.8. The Morgan fingerprint density at radius 1 is 1.10 bits per heavy atom. The van der Waals surface area contributed by atoms with Crippen molar-refractivity contribution in [3.63, 3.8) is 0 Å². The monoisotopic (exact) mass is 644 g/mol. The molecule has 13 heteroatoms. The predicted molar refractivity (Wildman–Crippen MR) is 157 cm³/mol. The maximum absolute atomic E-state index is 13.4. The number of alkyl carbamates (subject to hydrolysis) is 1. The lowest BCUT2D eigenvalue weighted by molar-refractivity contribution is -0.125. The number of halogens is 1. The van der Waals surface area contributed by atoms with E-state index in [0.717, 1.165) is 5.56 Å². The van der Waals surface area contributed by atoms with Crippen molar-refractivity contribution in [2.24, 2.45) is 5.73 Å². The second-order valence-corrected chi connectivity index (χ2v) is 10.2. The van der Waals surface area contributed by atoms with E-state index in [2.05, 4.69) is 38.5 Å². The van der Waals surface area contributed by atoms with Crippen molar-refractivity contribution >= 4 is 39.7 Å². The number of nitrogens with two attached hydrogens (primary N) is 1. The second-order valence-electron chi connectivity index (χ2n) is 9.33. The molecule has 4 unspecified atom stereocenters. The van der Waals surface area contributed by atoms with E-state index in [1.54, 1.807) is 36.4 Å². The van der Waals surface area contributed by atoms with Crippen LogP contribution in [0.25, 0.3) is 0 Å². The van der Waals surface area contributed by atoms with Gasteiger partial charge in [-0.15, -0.1) is 6.58 Å². The van der Waals surface area contributed by atoms with Crippen LogP contribution in [0.15, 0.2) is 71.2 Å². The summed E-state index contributed by atoms with van der Waals surface area (Å²) in [7, 11) is 2.98. The van der Waals surface area contributed by atoms with Crippen LogP contribution < -0.4 is 31.2 Å². The number of amides is 4. The molecular weight excluding hydrogens is 612 g/mol. The molecular formula is C29H33BrN4O8. The van der Waals surface area contributed by atoms with Crippen molar-refractivity contribution in [3.05, 3.63) is 82.4 Å². The third kappa shape index (κ3) is 8.57. The molecule has 1 aliphatic rings. The van der Waals surface area contributed by atoms with Crippen molar-refractivity contribution in [2.75, 3.05) is 20.8 Å². The highest BCUT2D eigenvalue weighted by Crippen LogP contribution is 2.26. The number of benzene rings is 2. The third-order valence-electron chi connectivity index (χ3n) is 6.46. The maximum atomic E-state index is 13.4. The van der Waals surface area contributed by atoms with E-state index in [0.29, 0.717) is 16.0 Å². The first-order valence-electron chi connectivity index (χ1n) is 12.9. The van der Waals surface area contributed by atoms with Gasteiger partial charge < -0.3 is 41.0 Å². The van der Waals surface area contributed by atoms with Crippen molar-refractivity contribution in [1.82, 2.24) is 16.0 Å². The van der Waals surface area contributed by atoms with Gasteiger partial charge in [-0.25, -0.2) is 4.79 Å². The van der Waals surface area contributed by atoms with Gasteiger partial charge in [0.15, 0.2) is 0 Å². The molecule has 6 N–H and O–H groups in total. The summed E-state index contributed by atoms with van der Waals surface area (Å²) in [6, 6.07) is 9.48. The number of rotatable bonds is 12. The summed E-state index contributed by atoms with van der Waals surface area (Å²) in [6.45, 7) is 3.63. The smallest absolute Gasteiger partial charge is 0.407 e. The van der Waals surface area contributed by atoms with Crippen LogP contribution >= 0.6 is 15.9 Å². The molecule has 2 aromatic carbocycles. The summed E-state index contributed by atoms with van der Waals surface area (Å²) < 4.78 is 16.2. The fraction of sp³-hybridized carbons (Fsp3) is 0.310. The van der Waals surface area contributed by atoms with Gasteiger partial charge in [-0.05, 0) is 51.8 Å². The first-order chi connectivity index (χ1) is 20.1. The van der Waals surface area contributed by atoms with Gasteiger partial charge in [0.2, 0.25) is 11.8 Å². The summed E-state index contributed by atoms with van der Waals surface area (Å²) in [5.41, 5.74) is 6.58. The Balaban J connectivity index is 1.85. The van der Waals surface area contributed by atoms with E-state index in [4.69, 9.17) is 19.9 Å². The fourth-order valence-electron chi connectivity index (χ4n) is 4.20. The number of carbonyl (C=O) groups excluding carboxylic acids is 4. The molecule has 12 nitrogen and oxygen atoms in total. The van der Waals surface area contributed by atoms with E-state index in [1.165, 1.54) is 32.4 Å². The SMILES string of the molecule is C=CCNC(=O)OC1CC(C(=O)NC(Cc2ccc(OC)cc2)C(N)=O)=CC(NC(=O)c2cc(OC)ccc2Br)C1O. The van der Waals surface area contributed by atoms with Gasteiger partial charge in [-0.2, -0.15) is 0 Å². The molecule has 0 aliphatic heterocycles. The average Bonchev–Trinajstić information content (AvgIpc) is 2.98. The lowest BCUT2D eigenvalue weighted by Crippen LogP contribution is -2.54. The molecule has 0 spiro atoms. The first kappa shape index (κ1) is 32.2. The van der Waals surface area contributed by atoms with E-state index in [9.17, 15) is 24.3 Å². The number of primary amides is 1. The zero-order valence-corrected chi connectivity index (χ0v) is 24.7. The first-order valence-corrected chi connectivity index (χ1v) is 13.7. The summed E-state index contributed by atoms with van der Waals surface area (Å²) in [6.07, 6.45) is -0.760. The predicted octanol–water partition coefficient (Wildman–Crippen LogP) is 1.75. The summed E-state index contributed by atoms with van der Waals surface area (Å²) >= 11 is 3.32. The highest BCUT2D eigenvalue weighted by atomic mass is 79.9. The largest absolute Gasteiger partial charge is 0.497 e. The van der Waals surface area contributed by atoms with Crippen LogP contribution in [0, 0.1) is 0 Å². The van der Waals surface area contributed by atoms with Crippen LogP contribution in [0.4, 0.5) is 4.79 Å². The van der Waals surface area contributed by atoms with Gasteiger partial charge in [0.25, 0.3) is 5.91 Å². The Morgan fingerprint density at radius 3 is 2.38 bits per heavy atom. The quantitative estimate of drug-likeness (QED) is 0.217. The van der Waals surface area contributed by atoms with Crippen LogP contribution in [0.3, 0.4) is 0 Å². The topological polar surface area (TPSA) is 178 Å². The maximum Gasteiger partial charge on any atom is 0.407 e. The minimum absolute atomic E-state index is 0.0674. The molecule has 42 heavy (non-hydrogen) atoms. The zero-order valence-electron chi connectivity index (χ0n) is 23.1. The van der Waals surface area contributed by atoms with Crippen LogP contribution in [0.2, 0.25) is 0 Å². The number of ether oxygens (including phenoxy) is 3. The molecule has 1 aliphatic carbocycles. The molecule has 0 saturated heterocycles. The second kappa shape index (κ2) is 15.0. The molecule has 0 bridgehead atoms. The third-order valence-corrected chi connectivity index (χ3v) is 7.15. The highest BCUT2D eigenvalue weighted by Gasteiger charge is 2.38. The number of hydrogen-bond acceptors (Lipinski definition) is 8. The van der Waals surface area contributed by atoms with E-state index in [1.807, 2.05) is 0 Å². The van der Waals surface area contributed by atoms with Crippen LogP contribution in [-0.4, -0.2) is 74.0 Å². The lowest BCUT2D eigenvalue weighted by atomic mass is 9.89. The number of hydrogen-bond donors (Lipinski definition) is 5. The molecule has 0 fully saturated rings. The fourth-order valence-corrected chi connectivity index (χ4v) is 4.63. The Kier molecular flexibility index (Phi) is 11.5. The number of carbonyl (C=O) groups is 4. The van der Waals surface area contributed by atoms with Crippen molar-refractivity contribution in [2.45, 2.75) is 37.1 Å². The van der Waals surface area contributed by atoms with Gasteiger partial charge in [0, 0.05) is 29.4 Å². The molecule has 0 radical (unpaired) electrons. The van der Waals surface area contributed by atoms with Crippen LogP contribution in [0.1, 0.15) is 22.3 Å². The molecule has 4 amide bonds. The van der Waals surface area contributed by atoms with Gasteiger partial charge in [-0.3, -0.25) is 14.4 Å². The minimum Gasteiger partial charge on any atom is -0.497 e. The Labute approximate surface area is 251 Å². The zero-order chi connectivity index (χ0) is 30.8. The van der Waals surface area contributed by atoms with Crippen molar-refractivity contribution in [1.29, 1.82) is 0 Å². The Morgan fingerprint density at radius 2 is 1.76 bits per heavy atom. The average molecular weight is 646 g/mol. The molecule has 4 atom stereocenters. The van der Waals surface area contributed by atoms with E-state index in [-0.39, 0.29) is 30.5 Å². The van der Waals surface area contributed by atoms with E-state index < -0.39 is 48.1 Å². The Hall–Kier alpha value is -4.36. The molecule has 0 saturated carbocycles. The van der Waals surface area contributed by atoms with Gasteiger partial charge >= 0.3 is 6.09 Å². The van der Waals surface area contributed by atoms with Gasteiger partial charge in [-0.1, -0.05) is 24.3 Å². The highest BCUT2D eigenvalue weighted by molar-refractivity contribution is 9.10. The minimum atomic E-state index is -1.41. The lowest BCUT2D eigenvalue weighted by Gasteiger charge is -2.33. The number of aliphatic hydroxyl groups is 1. The van der Waals surface area contributed by atoms with E-state index >= 15 is 0 Å². The summed E-state index contributed by atoms with van der Waals surface area (Å²) in [5.74, 6) is -0.979. The summed E-state index contributed by atoms with van der Waals surface area (Å²) in [4.78, 5) is 51.0. The molecule has 2 aromatic rings. The molecule has 3 rings (SSSR count).